The van der Waals surface area contributed by atoms with Gasteiger partial charge in [-0.3, -0.25) is 0 Å². The molecule has 0 aliphatic rings. The van der Waals surface area contributed by atoms with E-state index in [1.54, 1.807) is 12.1 Å². The molecule has 0 atom stereocenters. The molecule has 0 aliphatic heterocycles. The van der Waals surface area contributed by atoms with E-state index in [9.17, 15) is 0 Å². The van der Waals surface area contributed by atoms with Crippen LogP contribution in [-0.2, 0) is 0 Å². The van der Waals surface area contributed by atoms with Crippen molar-refractivity contribution in [1.82, 2.24) is 0 Å². The molecule has 0 spiro atoms. The third-order valence-corrected chi connectivity index (χ3v) is 2.44. The average Bonchev–Trinajstić information content (AvgIpc) is 1.96. The topological polar surface area (TPSA) is 4.36 Å². The molecule has 56 valence electrons. The highest BCUT2D eigenvalue weighted by molar-refractivity contribution is 9.10. The highest BCUT2D eigenvalue weighted by Crippen LogP contribution is 2.30. The van der Waals surface area contributed by atoms with Gasteiger partial charge in [0, 0.05) is 9.50 Å². The molecule has 0 amide bonds. The molecule has 0 saturated carbocycles. The first-order valence-corrected chi connectivity index (χ1v) is 4.15. The van der Waals surface area contributed by atoms with Crippen LogP contribution in [0.5, 0.6) is 0 Å². The summed E-state index contributed by atoms with van der Waals surface area (Å²) in [5.74, 6) is 0. The minimum absolute atomic E-state index is 0.591. The zero-order valence-corrected chi connectivity index (χ0v) is 8.20. The fourth-order valence-corrected chi connectivity index (χ4v) is 1.54. The van der Waals surface area contributed by atoms with Gasteiger partial charge in [-0.05, 0) is 24.6 Å². The van der Waals surface area contributed by atoms with E-state index in [0.29, 0.717) is 10.7 Å². The van der Waals surface area contributed by atoms with Crippen LogP contribution < -0.4 is 0 Å². The molecular weight excluding hydrogens is 225 g/mol. The SMILES string of the molecule is [C-]#[N+]c1cc(Cl)cc(Br)c1C. The van der Waals surface area contributed by atoms with Gasteiger partial charge in [0.05, 0.1) is 6.57 Å². The van der Waals surface area contributed by atoms with Crippen LogP contribution in [0.2, 0.25) is 5.02 Å². The first-order chi connectivity index (χ1) is 5.15. The van der Waals surface area contributed by atoms with E-state index in [0.717, 1.165) is 10.0 Å². The molecule has 0 heterocycles. The maximum absolute atomic E-state index is 6.82. The van der Waals surface area contributed by atoms with E-state index in [-0.39, 0.29) is 0 Å². The second kappa shape index (κ2) is 3.25. The number of benzene rings is 1. The van der Waals surface area contributed by atoms with Crippen molar-refractivity contribution in [3.05, 3.63) is 38.6 Å². The predicted molar refractivity (Wildman–Crippen MR) is 50.2 cm³/mol. The number of hydrogen-bond donors (Lipinski definition) is 0. The highest BCUT2D eigenvalue weighted by Gasteiger charge is 2.02. The molecule has 0 aromatic heterocycles. The largest absolute Gasteiger partial charge is 0.238 e. The summed E-state index contributed by atoms with van der Waals surface area (Å²) in [6.07, 6.45) is 0. The Balaban J connectivity index is 3.39. The molecule has 11 heavy (non-hydrogen) atoms. The molecule has 0 fully saturated rings. The van der Waals surface area contributed by atoms with Crippen molar-refractivity contribution in [1.29, 1.82) is 0 Å². The maximum Gasteiger partial charge on any atom is 0.192 e. The molecule has 1 nitrogen and oxygen atoms in total. The van der Waals surface area contributed by atoms with Gasteiger partial charge in [0.15, 0.2) is 5.69 Å². The Hall–Kier alpha value is -0.520. The number of hydrogen-bond acceptors (Lipinski definition) is 0. The van der Waals surface area contributed by atoms with Crippen LogP contribution in [0.25, 0.3) is 4.85 Å². The summed E-state index contributed by atoms with van der Waals surface area (Å²) < 4.78 is 0.885. The Labute approximate surface area is 78.9 Å². The van der Waals surface area contributed by atoms with Crippen molar-refractivity contribution in [2.75, 3.05) is 0 Å². The summed E-state index contributed by atoms with van der Waals surface area (Å²) in [7, 11) is 0. The lowest BCUT2D eigenvalue weighted by Crippen LogP contribution is -1.75. The Morgan fingerprint density at radius 3 is 2.73 bits per heavy atom. The summed E-state index contributed by atoms with van der Waals surface area (Å²) in [6, 6.07) is 3.44. The lowest BCUT2D eigenvalue weighted by atomic mass is 10.2. The van der Waals surface area contributed by atoms with Gasteiger partial charge < -0.3 is 0 Å². The van der Waals surface area contributed by atoms with Crippen LogP contribution in [-0.4, -0.2) is 0 Å². The molecule has 1 rings (SSSR count). The third kappa shape index (κ3) is 1.74. The Kier molecular flexibility index (Phi) is 2.53. The van der Waals surface area contributed by atoms with Crippen LogP contribution in [0.3, 0.4) is 0 Å². The first-order valence-electron chi connectivity index (χ1n) is 2.98. The molecule has 0 bridgehead atoms. The van der Waals surface area contributed by atoms with E-state index in [2.05, 4.69) is 20.8 Å². The molecule has 0 radical (unpaired) electrons. The van der Waals surface area contributed by atoms with Crippen LogP contribution in [0.1, 0.15) is 5.56 Å². The van der Waals surface area contributed by atoms with E-state index in [1.807, 2.05) is 6.92 Å². The monoisotopic (exact) mass is 229 g/mol. The van der Waals surface area contributed by atoms with Crippen LogP contribution >= 0.6 is 27.5 Å². The standard InChI is InChI=1S/C8H5BrClN/c1-5-7(9)3-6(10)4-8(5)11-2/h3-4H,1H3. The summed E-state index contributed by atoms with van der Waals surface area (Å²) in [4.78, 5) is 3.33. The van der Waals surface area contributed by atoms with Crippen molar-refractivity contribution >= 4 is 33.2 Å². The van der Waals surface area contributed by atoms with E-state index >= 15 is 0 Å². The van der Waals surface area contributed by atoms with Gasteiger partial charge in [0.2, 0.25) is 0 Å². The number of halogens is 2. The molecule has 1 aromatic rings. The smallest absolute Gasteiger partial charge is 0.192 e. The molecule has 3 heteroatoms. The van der Waals surface area contributed by atoms with Gasteiger partial charge in [-0.2, -0.15) is 0 Å². The normalized spacial score (nSPS) is 9.27. The quantitative estimate of drug-likeness (QED) is 0.594. The van der Waals surface area contributed by atoms with Crippen LogP contribution in [0.15, 0.2) is 16.6 Å². The maximum atomic E-state index is 6.82. The zero-order valence-electron chi connectivity index (χ0n) is 5.86. The number of rotatable bonds is 0. The fraction of sp³-hybridized carbons (Fsp3) is 0.125. The lowest BCUT2D eigenvalue weighted by Gasteiger charge is -2.00. The third-order valence-electron chi connectivity index (χ3n) is 1.40. The first kappa shape index (κ1) is 8.58. The van der Waals surface area contributed by atoms with E-state index in [1.165, 1.54) is 0 Å². The van der Waals surface area contributed by atoms with Crippen molar-refractivity contribution in [2.45, 2.75) is 6.92 Å². The summed E-state index contributed by atoms with van der Waals surface area (Å²) in [6.45, 7) is 8.71. The second-order valence-corrected chi connectivity index (χ2v) is 3.43. The molecule has 1 aromatic carbocycles. The highest BCUT2D eigenvalue weighted by atomic mass is 79.9. The van der Waals surface area contributed by atoms with Gasteiger partial charge in [0.25, 0.3) is 0 Å². The van der Waals surface area contributed by atoms with Gasteiger partial charge in [-0.25, -0.2) is 4.85 Å². The van der Waals surface area contributed by atoms with Gasteiger partial charge in [-0.15, -0.1) is 0 Å². The van der Waals surface area contributed by atoms with Crippen molar-refractivity contribution in [2.24, 2.45) is 0 Å². The van der Waals surface area contributed by atoms with Crippen molar-refractivity contribution < 1.29 is 0 Å². The van der Waals surface area contributed by atoms with Gasteiger partial charge in [0.1, 0.15) is 0 Å². The summed E-state index contributed by atoms with van der Waals surface area (Å²) >= 11 is 9.04. The molecule has 0 N–H and O–H groups in total. The Bertz CT molecular complexity index is 328. The minimum Gasteiger partial charge on any atom is -0.238 e. The second-order valence-electron chi connectivity index (χ2n) is 2.14. The predicted octanol–water partition coefficient (Wildman–Crippen LogP) is 3.96. The van der Waals surface area contributed by atoms with E-state index in [4.69, 9.17) is 18.2 Å². The van der Waals surface area contributed by atoms with E-state index < -0.39 is 0 Å². The van der Waals surface area contributed by atoms with Gasteiger partial charge in [-0.1, -0.05) is 27.5 Å². The fourth-order valence-electron chi connectivity index (χ4n) is 0.748. The van der Waals surface area contributed by atoms with Crippen molar-refractivity contribution in [3.63, 3.8) is 0 Å². The molecule has 0 aliphatic carbocycles. The van der Waals surface area contributed by atoms with Crippen LogP contribution in [0.4, 0.5) is 5.69 Å². The van der Waals surface area contributed by atoms with Crippen molar-refractivity contribution in [3.8, 4) is 0 Å². The summed E-state index contributed by atoms with van der Waals surface area (Å²) in [5, 5.41) is 0.591. The lowest BCUT2D eigenvalue weighted by molar-refractivity contribution is 1.45. The number of nitrogens with zero attached hydrogens (tertiary/aromatic N) is 1. The molecular formula is C8H5BrClN. The Morgan fingerprint density at radius 1 is 1.55 bits per heavy atom. The molecule has 0 unspecified atom stereocenters. The molecule has 0 saturated heterocycles. The average molecular weight is 230 g/mol. The minimum atomic E-state index is 0.591. The zero-order chi connectivity index (χ0) is 8.43. The summed E-state index contributed by atoms with van der Waals surface area (Å²) in [5.41, 5.74) is 1.54. The Morgan fingerprint density at radius 2 is 2.18 bits per heavy atom. The van der Waals surface area contributed by atoms with Crippen LogP contribution in [0, 0.1) is 13.5 Å². The van der Waals surface area contributed by atoms with Gasteiger partial charge >= 0.3 is 0 Å².